The van der Waals surface area contributed by atoms with E-state index in [1.807, 2.05) is 10.8 Å². The van der Waals surface area contributed by atoms with E-state index in [2.05, 4.69) is 4.98 Å². The molecule has 0 saturated carbocycles. The highest BCUT2D eigenvalue weighted by Gasteiger charge is 2.38. The van der Waals surface area contributed by atoms with Crippen LogP contribution in [0.25, 0.3) is 0 Å². The quantitative estimate of drug-likeness (QED) is 0.392. The number of sulfonamides is 1. The van der Waals surface area contributed by atoms with Gasteiger partial charge in [-0.3, -0.25) is 14.5 Å². The van der Waals surface area contributed by atoms with Gasteiger partial charge in [0.1, 0.15) is 5.78 Å². The first-order chi connectivity index (χ1) is 16.2. The van der Waals surface area contributed by atoms with Gasteiger partial charge in [-0.2, -0.15) is 26.3 Å². The van der Waals surface area contributed by atoms with Gasteiger partial charge < -0.3 is 0 Å². The number of hydrogen-bond acceptors (Lipinski definition) is 4. The predicted octanol–water partition coefficient (Wildman–Crippen LogP) is 5.66. The number of hydrogen-bond donors (Lipinski definition) is 1. The first-order valence-corrected chi connectivity index (χ1v) is 11.5. The van der Waals surface area contributed by atoms with Gasteiger partial charge in [0.25, 0.3) is 10.0 Å². The Kier molecular flexibility index (Phi) is 7.53. The number of Topliss-reactive ketones (excluding diaryl/α,β-unsaturated/α-hetero) is 1. The maximum Gasteiger partial charge on any atom is 0.416 e. The second kappa shape index (κ2) is 10.1. The molecule has 12 heteroatoms. The third-order valence-electron chi connectivity index (χ3n) is 4.89. The Balaban J connectivity index is 1.72. The van der Waals surface area contributed by atoms with Crippen molar-refractivity contribution in [3.8, 4) is 0 Å². The summed E-state index contributed by atoms with van der Waals surface area (Å²) in [5, 5.41) is 0. The van der Waals surface area contributed by atoms with Crippen molar-refractivity contribution in [1.82, 2.24) is 4.98 Å². The molecule has 1 aromatic heterocycles. The van der Waals surface area contributed by atoms with Crippen molar-refractivity contribution in [2.75, 3.05) is 4.72 Å². The molecule has 0 spiro atoms. The fourth-order valence-corrected chi connectivity index (χ4v) is 4.26. The summed E-state index contributed by atoms with van der Waals surface area (Å²) < 4.78 is 105. The maximum absolute atomic E-state index is 13.0. The van der Waals surface area contributed by atoms with Crippen LogP contribution in [0.3, 0.4) is 0 Å². The maximum atomic E-state index is 13.0. The van der Waals surface area contributed by atoms with E-state index in [-0.39, 0.29) is 42.5 Å². The zero-order valence-electron chi connectivity index (χ0n) is 17.8. The van der Waals surface area contributed by atoms with Gasteiger partial charge in [-0.15, -0.1) is 0 Å². The summed E-state index contributed by atoms with van der Waals surface area (Å²) in [5.41, 5.74) is -2.13. The van der Waals surface area contributed by atoms with Crippen LogP contribution in [0.1, 0.15) is 28.7 Å². The molecule has 0 fully saturated rings. The average molecular weight is 516 g/mol. The normalized spacial score (nSPS) is 12.4. The summed E-state index contributed by atoms with van der Waals surface area (Å²) in [6.45, 7) is 0. The van der Waals surface area contributed by atoms with Crippen molar-refractivity contribution >= 4 is 21.5 Å². The SMILES string of the molecule is O=C(CCc1cccnc1)Cc1ccc(NS(=O)(=O)c2cc(C(F)(F)F)cc(C(F)(F)F)c2)cc1. The lowest BCUT2D eigenvalue weighted by Crippen LogP contribution is -2.17. The lowest BCUT2D eigenvalue weighted by molar-refractivity contribution is -0.143. The standard InChI is InChI=1S/C23H18F6N2O3S/c24-22(25,26)17-11-18(23(27,28)29)13-21(12-17)35(33,34)31-19-6-3-15(4-7-19)10-20(32)8-5-16-2-1-9-30-14-16/h1-4,6-7,9,11-14,31H,5,8,10H2. The third kappa shape index (κ3) is 7.28. The number of halogens is 6. The summed E-state index contributed by atoms with van der Waals surface area (Å²) in [4.78, 5) is 15.0. The number of carbonyl (C=O) groups excluding carboxylic acids is 1. The van der Waals surface area contributed by atoms with Crippen molar-refractivity contribution in [2.45, 2.75) is 36.5 Å². The van der Waals surface area contributed by atoms with Crippen molar-refractivity contribution in [3.63, 3.8) is 0 Å². The Bertz CT molecular complexity index is 1260. The van der Waals surface area contributed by atoms with Crippen LogP contribution in [0.15, 0.2) is 71.9 Å². The van der Waals surface area contributed by atoms with Gasteiger partial charge in [0.15, 0.2) is 0 Å². The summed E-state index contributed by atoms with van der Waals surface area (Å²) in [6.07, 6.45) is -6.28. The van der Waals surface area contributed by atoms with Crippen LogP contribution in [-0.4, -0.2) is 19.2 Å². The molecule has 1 N–H and O–H groups in total. The van der Waals surface area contributed by atoms with Crippen LogP contribution in [0.5, 0.6) is 0 Å². The van der Waals surface area contributed by atoms with E-state index in [1.54, 1.807) is 18.5 Å². The Labute approximate surface area is 196 Å². The van der Waals surface area contributed by atoms with E-state index in [1.165, 1.54) is 24.3 Å². The predicted molar refractivity (Wildman–Crippen MR) is 115 cm³/mol. The fraction of sp³-hybridized carbons (Fsp3) is 0.217. The van der Waals surface area contributed by atoms with Gasteiger partial charge in [0.05, 0.1) is 16.0 Å². The molecule has 5 nitrogen and oxygen atoms in total. The lowest BCUT2D eigenvalue weighted by atomic mass is 10.0. The second-order valence-electron chi connectivity index (χ2n) is 7.62. The highest BCUT2D eigenvalue weighted by molar-refractivity contribution is 7.92. The summed E-state index contributed by atoms with van der Waals surface area (Å²) in [7, 11) is -4.78. The number of rotatable bonds is 8. The van der Waals surface area contributed by atoms with Crippen molar-refractivity contribution in [3.05, 3.63) is 89.2 Å². The molecule has 35 heavy (non-hydrogen) atoms. The number of pyridine rings is 1. The van der Waals surface area contributed by atoms with E-state index in [4.69, 9.17) is 0 Å². The molecule has 0 unspecified atom stereocenters. The van der Waals surface area contributed by atoms with Crippen LogP contribution in [-0.2, 0) is 40.0 Å². The van der Waals surface area contributed by atoms with E-state index in [0.717, 1.165) is 5.56 Å². The van der Waals surface area contributed by atoms with Gasteiger partial charge in [0.2, 0.25) is 0 Å². The molecule has 3 aromatic rings. The average Bonchev–Trinajstić information content (AvgIpc) is 2.78. The number of nitrogens with one attached hydrogen (secondary N) is 1. The topological polar surface area (TPSA) is 76.1 Å². The monoisotopic (exact) mass is 516 g/mol. The minimum Gasteiger partial charge on any atom is -0.299 e. The van der Waals surface area contributed by atoms with E-state index in [9.17, 15) is 39.6 Å². The van der Waals surface area contributed by atoms with Crippen LogP contribution in [0.4, 0.5) is 32.0 Å². The number of anilines is 1. The first-order valence-electron chi connectivity index (χ1n) is 10.1. The van der Waals surface area contributed by atoms with Crippen LogP contribution in [0.2, 0.25) is 0 Å². The Morgan fingerprint density at radius 1 is 0.857 bits per heavy atom. The van der Waals surface area contributed by atoms with E-state index >= 15 is 0 Å². The zero-order valence-corrected chi connectivity index (χ0v) is 18.6. The van der Waals surface area contributed by atoms with Crippen LogP contribution in [0, 0.1) is 0 Å². The highest BCUT2D eigenvalue weighted by Crippen LogP contribution is 2.37. The van der Waals surface area contributed by atoms with Crippen LogP contribution < -0.4 is 4.72 Å². The number of ketones is 1. The molecule has 0 aliphatic rings. The molecular formula is C23H18F6N2O3S. The molecule has 3 rings (SSSR count). The van der Waals surface area contributed by atoms with E-state index in [0.29, 0.717) is 12.0 Å². The van der Waals surface area contributed by atoms with E-state index < -0.39 is 38.4 Å². The largest absolute Gasteiger partial charge is 0.416 e. The summed E-state index contributed by atoms with van der Waals surface area (Å²) in [5.74, 6) is -0.0779. The van der Waals surface area contributed by atoms with Crippen molar-refractivity contribution in [1.29, 1.82) is 0 Å². The van der Waals surface area contributed by atoms with Gasteiger partial charge in [-0.25, -0.2) is 8.42 Å². The number of nitrogens with zero attached hydrogens (tertiary/aromatic N) is 1. The summed E-state index contributed by atoms with van der Waals surface area (Å²) >= 11 is 0. The molecule has 0 atom stereocenters. The molecule has 186 valence electrons. The Morgan fingerprint density at radius 2 is 1.46 bits per heavy atom. The molecule has 0 bridgehead atoms. The second-order valence-corrected chi connectivity index (χ2v) is 9.30. The van der Waals surface area contributed by atoms with Crippen molar-refractivity contribution < 1.29 is 39.6 Å². The zero-order chi connectivity index (χ0) is 25.9. The molecular weight excluding hydrogens is 498 g/mol. The number of aryl methyl sites for hydroxylation is 1. The highest BCUT2D eigenvalue weighted by atomic mass is 32.2. The minimum absolute atomic E-state index is 0.0653. The molecule has 0 aliphatic carbocycles. The molecule has 0 saturated heterocycles. The fourth-order valence-electron chi connectivity index (χ4n) is 3.13. The molecule has 2 aromatic carbocycles. The number of benzene rings is 2. The molecule has 0 amide bonds. The number of aromatic nitrogens is 1. The third-order valence-corrected chi connectivity index (χ3v) is 6.25. The summed E-state index contributed by atoms with van der Waals surface area (Å²) in [6, 6.07) is 9.10. The molecule has 0 aliphatic heterocycles. The molecule has 0 radical (unpaired) electrons. The van der Waals surface area contributed by atoms with Gasteiger partial charge in [-0.05, 0) is 53.9 Å². The Morgan fingerprint density at radius 3 is 1.97 bits per heavy atom. The molecule has 1 heterocycles. The Hall–Kier alpha value is -3.41. The lowest BCUT2D eigenvalue weighted by Gasteiger charge is -2.15. The van der Waals surface area contributed by atoms with Gasteiger partial charge >= 0.3 is 12.4 Å². The minimum atomic E-state index is -5.18. The van der Waals surface area contributed by atoms with Gasteiger partial charge in [0, 0.05) is 30.9 Å². The first kappa shape index (κ1) is 26.2. The van der Waals surface area contributed by atoms with Gasteiger partial charge in [-0.1, -0.05) is 18.2 Å². The smallest absolute Gasteiger partial charge is 0.299 e. The number of carbonyl (C=O) groups is 1. The number of alkyl halides is 6. The van der Waals surface area contributed by atoms with Crippen LogP contribution >= 0.6 is 0 Å². The van der Waals surface area contributed by atoms with Crippen molar-refractivity contribution in [2.24, 2.45) is 0 Å².